The van der Waals surface area contributed by atoms with Crippen LogP contribution < -0.4 is 9.47 Å². The molecule has 0 spiro atoms. The number of aliphatic hydroxyl groups excluding tert-OH is 1. The Morgan fingerprint density at radius 3 is 1.92 bits per heavy atom. The van der Waals surface area contributed by atoms with Crippen LogP contribution in [0.4, 0.5) is 0 Å². The van der Waals surface area contributed by atoms with Crippen molar-refractivity contribution in [3.05, 3.63) is 71.3 Å². The Morgan fingerprint density at radius 2 is 1.31 bits per heavy atom. The largest absolute Gasteiger partial charge is 0.492 e. The molecule has 8 atom stereocenters. The van der Waals surface area contributed by atoms with Crippen molar-refractivity contribution < 1.29 is 14.6 Å². The number of benzene rings is 2. The van der Waals surface area contributed by atoms with Gasteiger partial charge < -0.3 is 14.6 Å². The summed E-state index contributed by atoms with van der Waals surface area (Å²) in [4.78, 5) is 5.02. The summed E-state index contributed by atoms with van der Waals surface area (Å²) in [6.45, 7) is 13.6. The molecule has 0 radical (unpaired) electrons. The Hall–Kier alpha value is -2.34. The second-order valence-corrected chi connectivity index (χ2v) is 16.9. The van der Waals surface area contributed by atoms with Gasteiger partial charge in [-0.2, -0.15) is 0 Å². The van der Waals surface area contributed by atoms with Gasteiger partial charge in [-0.3, -0.25) is 9.80 Å². The summed E-state index contributed by atoms with van der Waals surface area (Å²) in [5, 5.41) is 11.7. The molecule has 0 bridgehead atoms. The van der Waals surface area contributed by atoms with Crippen LogP contribution in [0.5, 0.6) is 11.5 Å². The van der Waals surface area contributed by atoms with E-state index in [0.29, 0.717) is 17.3 Å². The summed E-state index contributed by atoms with van der Waals surface area (Å²) >= 11 is 0. The van der Waals surface area contributed by atoms with Crippen molar-refractivity contribution in [3.8, 4) is 11.5 Å². The number of ether oxygens (including phenoxy) is 2. The summed E-state index contributed by atoms with van der Waals surface area (Å²) in [6, 6.07) is 17.9. The van der Waals surface area contributed by atoms with Crippen LogP contribution in [0.15, 0.2) is 60.2 Å². The van der Waals surface area contributed by atoms with Gasteiger partial charge in [0.25, 0.3) is 0 Å². The highest BCUT2D eigenvalue weighted by atomic mass is 16.5. The summed E-state index contributed by atoms with van der Waals surface area (Å²) in [6.07, 6.45) is 16.0. The average molecular weight is 653 g/mol. The number of nitrogens with zero attached hydrogens (tertiary/aromatic N) is 2. The standard InChI is InChI=1S/C43H60N2O3/c1-42-20-19-40-36(39(42)18-17-38(42)32-9-14-35(15-10-32)48-28-26-45-23-5-6-24-45)16-11-33-29-37(41(46)30-43(33,40)2)31-7-12-34(13-8-31)47-27-25-44-21-3-4-22-44/h7-15,36-41,46H,3-6,16-30H2,1-2H3/t36-,37?,38?,39-,40+,41?,42+,43-/m0/s1. The number of likely N-dealkylation sites (tertiary alicyclic amines) is 2. The van der Waals surface area contributed by atoms with Crippen LogP contribution in [0.2, 0.25) is 0 Å². The molecule has 5 heteroatoms. The van der Waals surface area contributed by atoms with E-state index >= 15 is 0 Å². The van der Waals surface area contributed by atoms with Crippen LogP contribution in [0.25, 0.3) is 0 Å². The van der Waals surface area contributed by atoms with Crippen LogP contribution in [0, 0.1) is 28.6 Å². The zero-order valence-corrected chi connectivity index (χ0v) is 29.8. The van der Waals surface area contributed by atoms with Gasteiger partial charge in [0.2, 0.25) is 0 Å². The molecule has 5 fully saturated rings. The molecule has 2 saturated heterocycles. The number of allylic oxidation sites excluding steroid dienone is 2. The van der Waals surface area contributed by atoms with E-state index in [0.717, 1.165) is 62.5 Å². The van der Waals surface area contributed by atoms with Crippen LogP contribution >= 0.6 is 0 Å². The van der Waals surface area contributed by atoms with Gasteiger partial charge in [0.15, 0.2) is 0 Å². The fourth-order valence-corrected chi connectivity index (χ4v) is 11.8. The normalized spacial score (nSPS) is 36.7. The highest BCUT2D eigenvalue weighted by Gasteiger charge is 2.59. The minimum Gasteiger partial charge on any atom is -0.492 e. The fraction of sp³-hybridized carbons (Fsp3) is 0.674. The molecular weight excluding hydrogens is 592 g/mol. The number of hydrogen-bond acceptors (Lipinski definition) is 5. The number of fused-ring (bicyclic) bond motifs is 5. The first-order valence-corrected chi connectivity index (χ1v) is 19.7. The first-order valence-electron chi connectivity index (χ1n) is 19.7. The van der Waals surface area contributed by atoms with Gasteiger partial charge in [-0.25, -0.2) is 0 Å². The second kappa shape index (κ2) is 13.8. The van der Waals surface area contributed by atoms with Gasteiger partial charge in [-0.05, 0) is 167 Å². The van der Waals surface area contributed by atoms with Crippen molar-refractivity contribution in [2.24, 2.45) is 28.6 Å². The maximum absolute atomic E-state index is 11.7. The van der Waals surface area contributed by atoms with Gasteiger partial charge in [-0.15, -0.1) is 0 Å². The molecule has 0 amide bonds. The molecule has 3 unspecified atom stereocenters. The van der Waals surface area contributed by atoms with Crippen molar-refractivity contribution in [1.29, 1.82) is 0 Å². The Labute approximate surface area is 290 Å². The molecule has 2 aromatic rings. The van der Waals surface area contributed by atoms with E-state index in [4.69, 9.17) is 9.47 Å². The topological polar surface area (TPSA) is 45.2 Å². The van der Waals surface area contributed by atoms with Crippen LogP contribution in [-0.2, 0) is 0 Å². The molecule has 260 valence electrons. The van der Waals surface area contributed by atoms with E-state index in [-0.39, 0.29) is 17.4 Å². The maximum Gasteiger partial charge on any atom is 0.119 e. The third kappa shape index (κ3) is 6.26. The molecule has 0 aromatic heterocycles. The first kappa shape index (κ1) is 32.8. The van der Waals surface area contributed by atoms with E-state index in [9.17, 15) is 5.11 Å². The summed E-state index contributed by atoms with van der Waals surface area (Å²) in [7, 11) is 0. The van der Waals surface area contributed by atoms with Crippen molar-refractivity contribution in [1.82, 2.24) is 9.80 Å². The molecule has 5 nitrogen and oxygen atoms in total. The molecule has 3 saturated carbocycles. The zero-order chi connectivity index (χ0) is 32.7. The van der Waals surface area contributed by atoms with E-state index in [2.05, 4.69) is 78.3 Å². The predicted octanol–water partition coefficient (Wildman–Crippen LogP) is 8.44. The lowest BCUT2D eigenvalue weighted by Crippen LogP contribution is -2.51. The fourth-order valence-electron chi connectivity index (χ4n) is 11.8. The smallest absolute Gasteiger partial charge is 0.119 e. The third-order valence-corrected chi connectivity index (χ3v) is 14.5. The molecule has 8 rings (SSSR count). The van der Waals surface area contributed by atoms with Gasteiger partial charge >= 0.3 is 0 Å². The van der Waals surface area contributed by atoms with Gasteiger partial charge in [0.1, 0.15) is 24.7 Å². The minimum atomic E-state index is -0.298. The highest BCUT2D eigenvalue weighted by molar-refractivity contribution is 5.36. The maximum atomic E-state index is 11.7. The second-order valence-electron chi connectivity index (χ2n) is 16.9. The Bertz CT molecular complexity index is 1410. The Balaban J connectivity index is 0.901. The lowest BCUT2D eigenvalue weighted by Gasteiger charge is -2.59. The third-order valence-electron chi connectivity index (χ3n) is 14.5. The van der Waals surface area contributed by atoms with E-state index in [1.54, 1.807) is 5.57 Å². The minimum absolute atomic E-state index is 0.116. The monoisotopic (exact) mass is 652 g/mol. The van der Waals surface area contributed by atoms with Gasteiger partial charge in [0, 0.05) is 19.0 Å². The molecule has 2 aromatic carbocycles. The lowest BCUT2D eigenvalue weighted by molar-refractivity contribution is -0.0536. The Kier molecular flexibility index (Phi) is 9.41. The van der Waals surface area contributed by atoms with Crippen LogP contribution in [-0.4, -0.2) is 73.5 Å². The van der Waals surface area contributed by atoms with Gasteiger partial charge in [-0.1, -0.05) is 49.8 Å². The first-order chi connectivity index (χ1) is 23.4. The van der Waals surface area contributed by atoms with E-state index in [1.165, 1.54) is 95.1 Å². The van der Waals surface area contributed by atoms with Crippen LogP contribution in [0.1, 0.15) is 107 Å². The number of hydrogen-bond donors (Lipinski definition) is 1. The SMILES string of the molecule is C[C@]12CC(O)C(c3ccc(OCCN4CCCC4)cc3)CC1=CC[C@@H]1[C@H]2CC[C@]2(C)C(c3ccc(OCCN4CCCC4)cc3)CC[C@@H]12. The van der Waals surface area contributed by atoms with Crippen LogP contribution in [0.3, 0.4) is 0 Å². The molecule has 4 aliphatic carbocycles. The molecule has 1 N–H and O–H groups in total. The van der Waals surface area contributed by atoms with Crippen molar-refractivity contribution in [3.63, 3.8) is 0 Å². The molecular formula is C43H60N2O3. The molecule has 2 heterocycles. The quantitative estimate of drug-likeness (QED) is 0.261. The summed E-state index contributed by atoms with van der Waals surface area (Å²) in [5.41, 5.74) is 4.88. The van der Waals surface area contributed by atoms with Crippen molar-refractivity contribution in [2.75, 3.05) is 52.5 Å². The number of aliphatic hydroxyl groups is 1. The molecule has 6 aliphatic rings. The predicted molar refractivity (Wildman–Crippen MR) is 194 cm³/mol. The van der Waals surface area contributed by atoms with Crippen molar-refractivity contribution in [2.45, 2.75) is 102 Å². The number of rotatable bonds is 10. The Morgan fingerprint density at radius 1 is 0.729 bits per heavy atom. The van der Waals surface area contributed by atoms with E-state index < -0.39 is 0 Å². The highest BCUT2D eigenvalue weighted by Crippen LogP contribution is 2.68. The average Bonchev–Trinajstić information content (AvgIpc) is 3.87. The van der Waals surface area contributed by atoms with Crippen molar-refractivity contribution >= 4 is 0 Å². The zero-order valence-electron chi connectivity index (χ0n) is 29.8. The van der Waals surface area contributed by atoms with E-state index in [1.807, 2.05) is 0 Å². The summed E-state index contributed by atoms with van der Waals surface area (Å²) < 4.78 is 12.2. The summed E-state index contributed by atoms with van der Waals surface area (Å²) in [5.74, 6) is 4.96. The molecule has 2 aliphatic heterocycles. The lowest BCUT2D eigenvalue weighted by atomic mass is 9.46. The molecule has 48 heavy (non-hydrogen) atoms. The van der Waals surface area contributed by atoms with Gasteiger partial charge in [0.05, 0.1) is 6.10 Å².